The molecule has 1 atom stereocenters. The summed E-state index contributed by atoms with van der Waals surface area (Å²) in [7, 11) is 0. The first kappa shape index (κ1) is 13.7. The third kappa shape index (κ3) is 4.16. The van der Waals surface area contributed by atoms with Crippen LogP contribution in [0.5, 0.6) is 0 Å². The zero-order chi connectivity index (χ0) is 13.7. The summed E-state index contributed by atoms with van der Waals surface area (Å²) in [5.74, 6) is 1.16. The van der Waals surface area contributed by atoms with Crippen LogP contribution in [0.25, 0.3) is 0 Å². The van der Waals surface area contributed by atoms with Gasteiger partial charge in [-0.15, -0.1) is 0 Å². The Bertz CT molecular complexity index is 506. The summed E-state index contributed by atoms with van der Waals surface area (Å²) in [4.78, 5) is 8.19. The maximum Gasteiger partial charge on any atom is 0.115 e. The van der Waals surface area contributed by atoms with E-state index >= 15 is 0 Å². The number of hydrogen-bond donors (Lipinski definition) is 0. The van der Waals surface area contributed by atoms with Crippen molar-refractivity contribution in [3.05, 3.63) is 59.7 Å². The van der Waals surface area contributed by atoms with E-state index in [9.17, 15) is 0 Å². The Kier molecular flexibility index (Phi) is 4.67. The van der Waals surface area contributed by atoms with Crippen molar-refractivity contribution in [3.63, 3.8) is 0 Å². The van der Waals surface area contributed by atoms with Crippen molar-refractivity contribution in [2.24, 2.45) is 5.92 Å². The molecule has 0 aliphatic heterocycles. The lowest BCUT2D eigenvalue weighted by Gasteiger charge is -2.12. The first-order chi connectivity index (χ1) is 9.15. The highest BCUT2D eigenvalue weighted by Crippen LogP contribution is 2.20. The van der Waals surface area contributed by atoms with Crippen molar-refractivity contribution in [3.8, 4) is 0 Å². The highest BCUT2D eigenvalue weighted by molar-refractivity contribution is 5.26. The van der Waals surface area contributed by atoms with Gasteiger partial charge in [0.2, 0.25) is 0 Å². The van der Waals surface area contributed by atoms with Gasteiger partial charge in [-0.05, 0) is 41.4 Å². The van der Waals surface area contributed by atoms with E-state index < -0.39 is 0 Å². The van der Waals surface area contributed by atoms with Crippen LogP contribution in [0.4, 0.5) is 0 Å². The van der Waals surface area contributed by atoms with E-state index in [2.05, 4.69) is 55.0 Å². The molecule has 2 aromatic rings. The molecule has 100 valence electrons. The topological polar surface area (TPSA) is 25.8 Å². The van der Waals surface area contributed by atoms with Crippen LogP contribution < -0.4 is 0 Å². The summed E-state index contributed by atoms with van der Waals surface area (Å²) in [6, 6.07) is 8.94. The van der Waals surface area contributed by atoms with Gasteiger partial charge in [-0.25, -0.2) is 9.97 Å². The first-order valence-electron chi connectivity index (χ1n) is 6.98. The maximum absolute atomic E-state index is 4.09. The molecule has 0 aliphatic rings. The van der Waals surface area contributed by atoms with E-state index in [1.807, 2.05) is 12.4 Å². The average molecular weight is 254 g/mol. The van der Waals surface area contributed by atoms with Gasteiger partial charge in [0.05, 0.1) is 0 Å². The molecule has 2 heteroatoms. The molecule has 0 aliphatic carbocycles. The van der Waals surface area contributed by atoms with E-state index in [-0.39, 0.29) is 0 Å². The van der Waals surface area contributed by atoms with Crippen LogP contribution in [0, 0.1) is 5.92 Å². The Morgan fingerprint density at radius 1 is 0.947 bits per heavy atom. The van der Waals surface area contributed by atoms with Gasteiger partial charge < -0.3 is 0 Å². The highest BCUT2D eigenvalue weighted by atomic mass is 14.8. The molecule has 1 aromatic heterocycles. The van der Waals surface area contributed by atoms with Crippen molar-refractivity contribution in [2.45, 2.75) is 39.5 Å². The number of nitrogens with zero attached hydrogens (tertiary/aromatic N) is 2. The number of aromatic nitrogens is 2. The van der Waals surface area contributed by atoms with Crippen LogP contribution in [0.1, 0.15) is 43.4 Å². The number of benzene rings is 1. The van der Waals surface area contributed by atoms with Gasteiger partial charge in [0, 0.05) is 12.4 Å². The van der Waals surface area contributed by atoms with Gasteiger partial charge in [-0.3, -0.25) is 0 Å². The fourth-order valence-corrected chi connectivity index (χ4v) is 2.39. The van der Waals surface area contributed by atoms with Crippen LogP contribution in [-0.2, 0) is 12.8 Å². The van der Waals surface area contributed by atoms with E-state index in [0.29, 0.717) is 11.8 Å². The quantitative estimate of drug-likeness (QED) is 0.805. The lowest BCUT2D eigenvalue weighted by atomic mass is 9.93. The zero-order valence-corrected chi connectivity index (χ0v) is 12.0. The molecule has 0 N–H and O–H groups in total. The molecule has 0 amide bonds. The van der Waals surface area contributed by atoms with Gasteiger partial charge in [-0.1, -0.05) is 45.0 Å². The van der Waals surface area contributed by atoms with Crippen molar-refractivity contribution < 1.29 is 0 Å². The van der Waals surface area contributed by atoms with Crippen LogP contribution in [0.2, 0.25) is 0 Å². The Morgan fingerprint density at radius 2 is 1.58 bits per heavy atom. The molecule has 0 radical (unpaired) electrons. The normalized spacial score (nSPS) is 12.6. The van der Waals surface area contributed by atoms with Gasteiger partial charge in [0.15, 0.2) is 0 Å². The molecule has 0 fully saturated rings. The average Bonchev–Trinajstić information content (AvgIpc) is 2.39. The van der Waals surface area contributed by atoms with Gasteiger partial charge in [-0.2, -0.15) is 0 Å². The largest absolute Gasteiger partial charge is 0.245 e. The molecule has 1 unspecified atom stereocenters. The van der Waals surface area contributed by atoms with Gasteiger partial charge in [0.1, 0.15) is 6.33 Å². The van der Waals surface area contributed by atoms with Crippen LogP contribution in [0.15, 0.2) is 43.0 Å². The molecule has 0 saturated carbocycles. The monoisotopic (exact) mass is 254 g/mol. The van der Waals surface area contributed by atoms with Gasteiger partial charge in [0.25, 0.3) is 0 Å². The zero-order valence-electron chi connectivity index (χ0n) is 12.0. The predicted molar refractivity (Wildman–Crippen MR) is 79.1 cm³/mol. The third-order valence-corrected chi connectivity index (χ3v) is 3.33. The number of hydrogen-bond acceptors (Lipinski definition) is 2. The second-order valence-electron chi connectivity index (χ2n) is 5.69. The lowest BCUT2D eigenvalue weighted by molar-refractivity contribution is 0.646. The molecule has 0 bridgehead atoms. The maximum atomic E-state index is 4.09. The molecular formula is C17H22N2. The molecule has 2 rings (SSSR count). The van der Waals surface area contributed by atoms with E-state index in [1.165, 1.54) is 16.7 Å². The second-order valence-corrected chi connectivity index (χ2v) is 5.69. The Hall–Kier alpha value is -1.70. The number of rotatable bonds is 5. The fourth-order valence-electron chi connectivity index (χ4n) is 2.39. The van der Waals surface area contributed by atoms with Crippen LogP contribution >= 0.6 is 0 Å². The van der Waals surface area contributed by atoms with Crippen molar-refractivity contribution >= 4 is 0 Å². The van der Waals surface area contributed by atoms with E-state index in [0.717, 1.165) is 12.8 Å². The van der Waals surface area contributed by atoms with Crippen molar-refractivity contribution in [1.82, 2.24) is 9.97 Å². The molecule has 0 saturated heterocycles. The smallest absolute Gasteiger partial charge is 0.115 e. The molecule has 1 aromatic carbocycles. The minimum Gasteiger partial charge on any atom is -0.245 e. The third-order valence-electron chi connectivity index (χ3n) is 3.33. The molecule has 0 spiro atoms. The standard InChI is InChI=1S/C17H22N2/c1-13(2)7-15-5-4-6-16(9-15)8-14(3)17-10-18-12-19-11-17/h4-6,9-14H,7-8H2,1-3H3. The molecule has 2 nitrogen and oxygen atoms in total. The Balaban J connectivity index is 2.06. The van der Waals surface area contributed by atoms with E-state index in [1.54, 1.807) is 6.33 Å². The summed E-state index contributed by atoms with van der Waals surface area (Å²) < 4.78 is 0. The minimum atomic E-state index is 0.454. The summed E-state index contributed by atoms with van der Waals surface area (Å²) in [6.45, 7) is 6.75. The highest BCUT2D eigenvalue weighted by Gasteiger charge is 2.08. The predicted octanol–water partition coefficient (Wildman–Crippen LogP) is 4.02. The summed E-state index contributed by atoms with van der Waals surface area (Å²) >= 11 is 0. The minimum absolute atomic E-state index is 0.454. The molecule has 19 heavy (non-hydrogen) atoms. The molecule has 1 heterocycles. The van der Waals surface area contributed by atoms with E-state index in [4.69, 9.17) is 0 Å². The van der Waals surface area contributed by atoms with Crippen molar-refractivity contribution in [1.29, 1.82) is 0 Å². The van der Waals surface area contributed by atoms with Gasteiger partial charge >= 0.3 is 0 Å². The van der Waals surface area contributed by atoms with Crippen LogP contribution in [-0.4, -0.2) is 9.97 Å². The summed E-state index contributed by atoms with van der Waals surface area (Å²) in [6.07, 6.45) is 7.60. The Morgan fingerprint density at radius 3 is 2.21 bits per heavy atom. The first-order valence-corrected chi connectivity index (χ1v) is 6.98. The Labute approximate surface area is 115 Å². The van der Waals surface area contributed by atoms with Crippen molar-refractivity contribution in [2.75, 3.05) is 0 Å². The SMILES string of the molecule is CC(C)Cc1cccc(CC(C)c2cncnc2)c1. The lowest BCUT2D eigenvalue weighted by Crippen LogP contribution is -2.01. The molecular weight excluding hydrogens is 232 g/mol. The fraction of sp³-hybridized carbons (Fsp3) is 0.412. The second kappa shape index (κ2) is 6.46. The summed E-state index contributed by atoms with van der Waals surface area (Å²) in [5.41, 5.74) is 4.04. The van der Waals surface area contributed by atoms with Crippen LogP contribution in [0.3, 0.4) is 0 Å². The summed E-state index contributed by atoms with van der Waals surface area (Å²) in [5, 5.41) is 0.